The molecule has 24 heavy (non-hydrogen) atoms. The second kappa shape index (κ2) is 8.41. The van der Waals surface area contributed by atoms with Gasteiger partial charge in [-0.3, -0.25) is 4.79 Å². The van der Waals surface area contributed by atoms with Crippen LogP contribution in [0.3, 0.4) is 0 Å². The van der Waals surface area contributed by atoms with E-state index in [4.69, 9.17) is 0 Å². The number of rotatable bonds is 8. The van der Waals surface area contributed by atoms with E-state index in [1.54, 1.807) is 35.6 Å². The van der Waals surface area contributed by atoms with E-state index in [1.165, 1.54) is 4.31 Å². The van der Waals surface area contributed by atoms with Crippen LogP contribution in [0.15, 0.2) is 46.7 Å². The van der Waals surface area contributed by atoms with E-state index in [9.17, 15) is 13.2 Å². The number of carbonyl (C=O) groups excluding carboxylic acids is 1. The topological polar surface area (TPSA) is 66.5 Å². The maximum atomic E-state index is 12.4. The maximum Gasteiger partial charge on any atom is 0.243 e. The molecule has 1 heterocycles. The van der Waals surface area contributed by atoms with Crippen molar-refractivity contribution in [1.82, 2.24) is 9.62 Å². The highest BCUT2D eigenvalue weighted by Crippen LogP contribution is 2.16. The number of nitrogens with one attached hydrogen (secondary N) is 1. The number of hydrogen-bond donors (Lipinski definition) is 1. The molecule has 5 nitrogen and oxygen atoms in total. The van der Waals surface area contributed by atoms with E-state index < -0.39 is 10.0 Å². The second-order valence-corrected chi connectivity index (χ2v) is 8.24. The smallest absolute Gasteiger partial charge is 0.243 e. The number of hydrogen-bond acceptors (Lipinski definition) is 4. The Labute approximate surface area is 147 Å². The molecule has 1 N–H and O–H groups in total. The average Bonchev–Trinajstić information content (AvgIpc) is 3.07. The van der Waals surface area contributed by atoms with Gasteiger partial charge in [0.05, 0.1) is 11.3 Å². The highest BCUT2D eigenvalue weighted by molar-refractivity contribution is 7.89. The van der Waals surface area contributed by atoms with Gasteiger partial charge < -0.3 is 5.32 Å². The first-order chi connectivity index (χ1) is 11.5. The number of thiophene rings is 1. The number of nitrogens with zero attached hydrogens (tertiary/aromatic N) is 1. The van der Waals surface area contributed by atoms with Gasteiger partial charge in [0, 0.05) is 24.5 Å². The molecule has 0 aliphatic heterocycles. The summed E-state index contributed by atoms with van der Waals surface area (Å²) in [6.07, 6.45) is 0.367. The first-order valence-electron chi connectivity index (χ1n) is 7.85. The van der Waals surface area contributed by atoms with Gasteiger partial charge in [0.25, 0.3) is 0 Å². The fourth-order valence-electron chi connectivity index (χ4n) is 2.33. The molecule has 0 unspecified atom stereocenters. The molecule has 1 amide bonds. The van der Waals surface area contributed by atoms with Crippen LogP contribution in [0.5, 0.6) is 0 Å². The van der Waals surface area contributed by atoms with Gasteiger partial charge in [-0.15, -0.1) is 11.3 Å². The van der Waals surface area contributed by atoms with Crippen molar-refractivity contribution in [1.29, 1.82) is 0 Å². The molecule has 7 heteroatoms. The minimum Gasteiger partial charge on any atom is -0.352 e. The van der Waals surface area contributed by atoms with Crippen molar-refractivity contribution >= 4 is 27.3 Å². The molecule has 2 rings (SSSR count). The monoisotopic (exact) mass is 366 g/mol. The van der Waals surface area contributed by atoms with Crippen LogP contribution in [0.2, 0.25) is 0 Å². The van der Waals surface area contributed by atoms with E-state index in [1.807, 2.05) is 31.4 Å². The molecule has 0 atom stereocenters. The van der Waals surface area contributed by atoms with Crippen LogP contribution in [0.25, 0.3) is 0 Å². The normalized spacial score (nSPS) is 11.6. The van der Waals surface area contributed by atoms with Crippen molar-refractivity contribution in [3.63, 3.8) is 0 Å². The standard InChI is InChI=1S/C17H22N2O3S2/c1-3-19(4-2)24(21,22)16-9-7-14(8-10-16)13-18-17(20)12-15-6-5-11-23-15/h5-11H,3-4,12-13H2,1-2H3,(H,18,20). The summed E-state index contributed by atoms with van der Waals surface area (Å²) in [6, 6.07) is 10.5. The van der Waals surface area contributed by atoms with Crippen molar-refractivity contribution in [2.45, 2.75) is 31.7 Å². The Kier molecular flexibility index (Phi) is 6.53. The summed E-state index contributed by atoms with van der Waals surface area (Å²) >= 11 is 1.55. The quantitative estimate of drug-likeness (QED) is 0.781. The third kappa shape index (κ3) is 4.66. The van der Waals surface area contributed by atoms with Crippen molar-refractivity contribution in [2.24, 2.45) is 0 Å². The summed E-state index contributed by atoms with van der Waals surface area (Å²) in [5, 5.41) is 4.79. The van der Waals surface area contributed by atoms with Crippen molar-refractivity contribution in [3.8, 4) is 0 Å². The molecule has 0 spiro atoms. The molecule has 0 aliphatic rings. The predicted molar refractivity (Wildman–Crippen MR) is 96.4 cm³/mol. The molecule has 0 radical (unpaired) electrons. The Morgan fingerprint density at radius 3 is 2.33 bits per heavy atom. The van der Waals surface area contributed by atoms with Gasteiger partial charge in [-0.25, -0.2) is 8.42 Å². The van der Waals surface area contributed by atoms with Gasteiger partial charge in [0.1, 0.15) is 0 Å². The van der Waals surface area contributed by atoms with Crippen LogP contribution in [-0.2, 0) is 27.8 Å². The van der Waals surface area contributed by atoms with Crippen LogP contribution < -0.4 is 5.32 Å². The fourth-order valence-corrected chi connectivity index (χ4v) is 4.49. The molecule has 0 bridgehead atoms. The van der Waals surface area contributed by atoms with E-state index in [0.29, 0.717) is 26.1 Å². The molecule has 1 aromatic heterocycles. The molecule has 0 aliphatic carbocycles. The zero-order valence-corrected chi connectivity index (χ0v) is 15.5. The first kappa shape index (κ1) is 18.6. The molecular weight excluding hydrogens is 344 g/mol. The minimum absolute atomic E-state index is 0.0442. The average molecular weight is 367 g/mol. The lowest BCUT2D eigenvalue weighted by Crippen LogP contribution is -2.30. The second-order valence-electron chi connectivity index (χ2n) is 5.27. The minimum atomic E-state index is -3.44. The molecule has 0 saturated heterocycles. The van der Waals surface area contributed by atoms with Gasteiger partial charge in [-0.1, -0.05) is 32.0 Å². The fraction of sp³-hybridized carbons (Fsp3) is 0.353. The van der Waals surface area contributed by atoms with E-state index in [2.05, 4.69) is 5.32 Å². The lowest BCUT2D eigenvalue weighted by molar-refractivity contribution is -0.120. The Morgan fingerprint density at radius 1 is 1.12 bits per heavy atom. The summed E-state index contributed by atoms with van der Waals surface area (Å²) in [5.74, 6) is -0.0442. The van der Waals surface area contributed by atoms with Crippen molar-refractivity contribution in [2.75, 3.05) is 13.1 Å². The molecule has 0 fully saturated rings. The Balaban J connectivity index is 1.96. The molecule has 130 valence electrons. The number of sulfonamides is 1. The van der Waals surface area contributed by atoms with E-state index >= 15 is 0 Å². The Hall–Kier alpha value is -1.70. The third-order valence-corrected chi connectivity index (χ3v) is 6.61. The number of carbonyl (C=O) groups is 1. The molecule has 0 saturated carbocycles. The highest BCUT2D eigenvalue weighted by Gasteiger charge is 2.21. The summed E-state index contributed by atoms with van der Waals surface area (Å²) in [6.45, 7) is 4.91. The molecule has 1 aromatic carbocycles. The van der Waals surface area contributed by atoms with Crippen LogP contribution in [0.4, 0.5) is 0 Å². The van der Waals surface area contributed by atoms with Gasteiger partial charge in [-0.05, 0) is 29.1 Å². The van der Waals surface area contributed by atoms with Crippen molar-refractivity contribution in [3.05, 3.63) is 52.2 Å². The van der Waals surface area contributed by atoms with Crippen LogP contribution in [0.1, 0.15) is 24.3 Å². The van der Waals surface area contributed by atoms with Gasteiger partial charge in [0.2, 0.25) is 15.9 Å². The van der Waals surface area contributed by atoms with Gasteiger partial charge >= 0.3 is 0 Å². The number of benzene rings is 1. The van der Waals surface area contributed by atoms with Crippen LogP contribution in [-0.4, -0.2) is 31.7 Å². The Bertz CT molecular complexity index is 750. The number of amides is 1. The van der Waals surface area contributed by atoms with Gasteiger partial charge in [-0.2, -0.15) is 4.31 Å². The zero-order valence-electron chi connectivity index (χ0n) is 13.9. The summed E-state index contributed by atoms with van der Waals surface area (Å²) in [5.41, 5.74) is 0.869. The summed E-state index contributed by atoms with van der Waals surface area (Å²) < 4.78 is 26.2. The van der Waals surface area contributed by atoms with Crippen molar-refractivity contribution < 1.29 is 13.2 Å². The Morgan fingerprint density at radius 2 is 1.79 bits per heavy atom. The zero-order chi connectivity index (χ0) is 17.6. The van der Waals surface area contributed by atoms with E-state index in [-0.39, 0.29) is 10.8 Å². The van der Waals surface area contributed by atoms with Gasteiger partial charge in [0.15, 0.2) is 0 Å². The highest BCUT2D eigenvalue weighted by atomic mass is 32.2. The first-order valence-corrected chi connectivity index (χ1v) is 10.2. The SMILES string of the molecule is CCN(CC)S(=O)(=O)c1ccc(CNC(=O)Cc2cccs2)cc1. The maximum absolute atomic E-state index is 12.4. The van der Waals surface area contributed by atoms with Crippen LogP contribution in [0, 0.1) is 0 Å². The molecular formula is C17H22N2O3S2. The summed E-state index contributed by atoms with van der Waals surface area (Å²) in [7, 11) is -3.44. The predicted octanol–water partition coefficient (Wildman–Crippen LogP) is 2.64. The lowest BCUT2D eigenvalue weighted by Gasteiger charge is -2.18. The third-order valence-electron chi connectivity index (χ3n) is 3.67. The largest absolute Gasteiger partial charge is 0.352 e. The van der Waals surface area contributed by atoms with E-state index in [0.717, 1.165) is 10.4 Å². The van der Waals surface area contributed by atoms with Crippen LogP contribution >= 0.6 is 11.3 Å². The molecule has 2 aromatic rings. The lowest BCUT2D eigenvalue weighted by atomic mass is 10.2. The summed E-state index contributed by atoms with van der Waals surface area (Å²) in [4.78, 5) is 13.2.